The third kappa shape index (κ3) is 1.07. The number of aromatic hydroxyl groups is 1. The van der Waals surface area contributed by atoms with Gasteiger partial charge in [0.05, 0.1) is 11.6 Å². The number of carbonyl (C=O) groups excluding carboxylic acids is 1. The molecule has 0 unspecified atom stereocenters. The lowest BCUT2D eigenvalue weighted by molar-refractivity contribution is 0.112. The van der Waals surface area contributed by atoms with Crippen LogP contribution in [-0.4, -0.2) is 11.4 Å². The van der Waals surface area contributed by atoms with Crippen molar-refractivity contribution in [2.24, 2.45) is 0 Å². The summed E-state index contributed by atoms with van der Waals surface area (Å²) in [7, 11) is 0. The summed E-state index contributed by atoms with van der Waals surface area (Å²) in [6.45, 7) is 0. The Balaban J connectivity index is 2.97. The smallest absolute Gasteiger partial charge is 0.152 e. The van der Waals surface area contributed by atoms with Crippen molar-refractivity contribution < 1.29 is 9.90 Å². The number of rotatable bonds is 1. The van der Waals surface area contributed by atoms with Crippen molar-refractivity contribution in [1.82, 2.24) is 0 Å². The Morgan fingerprint density at radius 3 is 2.93 bits per heavy atom. The first-order valence-corrected chi connectivity index (χ1v) is 4.74. The van der Waals surface area contributed by atoms with Crippen molar-refractivity contribution >= 4 is 27.7 Å². The van der Waals surface area contributed by atoms with Crippen molar-refractivity contribution in [2.75, 3.05) is 0 Å². The molecule has 0 amide bonds. The zero-order valence-corrected chi connectivity index (χ0v) is 7.84. The molecule has 0 aliphatic carbocycles. The van der Waals surface area contributed by atoms with Crippen LogP contribution in [0, 0.1) is 11.3 Å². The molecule has 0 spiro atoms. The van der Waals surface area contributed by atoms with E-state index in [1.165, 1.54) is 11.3 Å². The van der Waals surface area contributed by atoms with Gasteiger partial charge in [-0.1, -0.05) is 0 Å². The van der Waals surface area contributed by atoms with Gasteiger partial charge >= 0.3 is 0 Å². The fraction of sp³-hybridized carbons (Fsp3) is 0. The first-order valence-electron chi connectivity index (χ1n) is 3.86. The number of carbonyl (C=O) groups is 1. The molecule has 1 N–H and O–H groups in total. The number of thiophene rings is 1. The summed E-state index contributed by atoms with van der Waals surface area (Å²) in [5.41, 5.74) is 0.560. The van der Waals surface area contributed by atoms with Crippen LogP contribution in [0.2, 0.25) is 0 Å². The largest absolute Gasteiger partial charge is 0.506 e. The van der Waals surface area contributed by atoms with Crippen molar-refractivity contribution in [3.8, 4) is 11.8 Å². The highest BCUT2D eigenvalue weighted by molar-refractivity contribution is 7.17. The van der Waals surface area contributed by atoms with Crippen LogP contribution in [0.5, 0.6) is 5.75 Å². The molecule has 0 atom stereocenters. The number of hydrogen-bond donors (Lipinski definition) is 1. The first kappa shape index (κ1) is 8.73. The molecule has 3 nitrogen and oxygen atoms in total. The minimum Gasteiger partial charge on any atom is -0.506 e. The third-order valence-corrected chi connectivity index (χ3v) is 2.93. The van der Waals surface area contributed by atoms with Crippen molar-refractivity contribution in [1.29, 1.82) is 5.26 Å². The molecule has 14 heavy (non-hydrogen) atoms. The Morgan fingerprint density at radius 1 is 1.50 bits per heavy atom. The van der Waals surface area contributed by atoms with Gasteiger partial charge in [0.15, 0.2) is 6.29 Å². The van der Waals surface area contributed by atoms with Crippen molar-refractivity contribution in [2.45, 2.75) is 0 Å². The Labute approximate surface area is 83.8 Å². The Kier molecular flexibility index (Phi) is 1.95. The summed E-state index contributed by atoms with van der Waals surface area (Å²) in [6.07, 6.45) is 0.604. The third-order valence-electron chi connectivity index (χ3n) is 2.00. The Morgan fingerprint density at radius 2 is 2.29 bits per heavy atom. The molecular weight excluding hydrogens is 198 g/mol. The van der Waals surface area contributed by atoms with E-state index < -0.39 is 0 Å². The predicted molar refractivity (Wildman–Crippen MR) is 53.6 cm³/mol. The number of nitrogens with zero attached hydrogens (tertiary/aromatic N) is 1. The van der Waals surface area contributed by atoms with Crippen LogP contribution < -0.4 is 0 Å². The van der Waals surface area contributed by atoms with Crippen LogP contribution in [0.3, 0.4) is 0 Å². The molecule has 2 rings (SSSR count). The van der Waals surface area contributed by atoms with Crippen LogP contribution >= 0.6 is 11.3 Å². The van der Waals surface area contributed by atoms with E-state index in [1.807, 2.05) is 6.07 Å². The highest BCUT2D eigenvalue weighted by Gasteiger charge is 2.11. The van der Waals surface area contributed by atoms with E-state index in [0.29, 0.717) is 17.2 Å². The molecule has 1 aromatic carbocycles. The number of fused-ring (bicyclic) bond motifs is 1. The van der Waals surface area contributed by atoms with Crippen LogP contribution in [-0.2, 0) is 0 Å². The van der Waals surface area contributed by atoms with Gasteiger partial charge in [-0.05, 0) is 12.1 Å². The van der Waals surface area contributed by atoms with Gasteiger partial charge in [-0.2, -0.15) is 5.26 Å². The maximum absolute atomic E-state index is 10.8. The molecule has 0 saturated carbocycles. The van der Waals surface area contributed by atoms with E-state index in [1.54, 1.807) is 17.5 Å². The second-order valence-electron chi connectivity index (χ2n) is 2.75. The van der Waals surface area contributed by atoms with Crippen molar-refractivity contribution in [3.05, 3.63) is 28.6 Å². The van der Waals surface area contributed by atoms with Crippen LogP contribution in [0.15, 0.2) is 17.5 Å². The van der Waals surface area contributed by atoms with Gasteiger partial charge in [-0.3, -0.25) is 4.79 Å². The second kappa shape index (κ2) is 3.13. The van der Waals surface area contributed by atoms with Crippen LogP contribution in [0.1, 0.15) is 15.9 Å². The minimum absolute atomic E-state index is 0.0594. The van der Waals surface area contributed by atoms with E-state index in [0.717, 1.165) is 4.70 Å². The molecule has 2 aromatic rings. The molecule has 4 heteroatoms. The SMILES string of the molecule is N#Cc1ccc2scc(O)c2c1C=O. The predicted octanol–water partition coefficient (Wildman–Crippen LogP) is 2.29. The molecule has 1 heterocycles. The monoisotopic (exact) mass is 203 g/mol. The van der Waals surface area contributed by atoms with Gasteiger partial charge < -0.3 is 5.11 Å². The topological polar surface area (TPSA) is 61.1 Å². The van der Waals surface area contributed by atoms with Gasteiger partial charge in [0.2, 0.25) is 0 Å². The van der Waals surface area contributed by atoms with E-state index in [4.69, 9.17) is 5.26 Å². The zero-order valence-electron chi connectivity index (χ0n) is 7.02. The highest BCUT2D eigenvalue weighted by Crippen LogP contribution is 2.34. The van der Waals surface area contributed by atoms with Gasteiger partial charge in [-0.25, -0.2) is 0 Å². The quantitative estimate of drug-likeness (QED) is 0.723. The summed E-state index contributed by atoms with van der Waals surface area (Å²) in [5, 5.41) is 20.3. The molecule has 68 valence electrons. The maximum Gasteiger partial charge on any atom is 0.152 e. The summed E-state index contributed by atoms with van der Waals surface area (Å²) in [4.78, 5) is 10.8. The number of benzene rings is 1. The lowest BCUT2D eigenvalue weighted by atomic mass is 10.1. The van der Waals surface area contributed by atoms with E-state index >= 15 is 0 Å². The lowest BCUT2D eigenvalue weighted by Crippen LogP contribution is -1.87. The summed E-state index contributed by atoms with van der Waals surface area (Å²) < 4.78 is 0.809. The summed E-state index contributed by atoms with van der Waals surface area (Å²) in [5.74, 6) is 0.0594. The molecule has 0 saturated heterocycles. The normalized spacial score (nSPS) is 9.93. The van der Waals surface area contributed by atoms with E-state index in [9.17, 15) is 9.90 Å². The fourth-order valence-electron chi connectivity index (χ4n) is 1.36. The molecule has 0 radical (unpaired) electrons. The Bertz CT molecular complexity index is 551. The van der Waals surface area contributed by atoms with Gasteiger partial charge in [-0.15, -0.1) is 11.3 Å². The first-order chi connectivity index (χ1) is 6.77. The number of hydrogen-bond acceptors (Lipinski definition) is 4. The molecule has 1 aromatic heterocycles. The van der Waals surface area contributed by atoms with Gasteiger partial charge in [0, 0.05) is 21.0 Å². The molecule has 0 aliphatic rings. The molecule has 0 bridgehead atoms. The number of nitriles is 1. The summed E-state index contributed by atoms with van der Waals surface area (Å²) in [6, 6.07) is 5.23. The highest BCUT2D eigenvalue weighted by atomic mass is 32.1. The van der Waals surface area contributed by atoms with Crippen LogP contribution in [0.25, 0.3) is 10.1 Å². The fourth-order valence-corrected chi connectivity index (χ4v) is 2.20. The minimum atomic E-state index is 0.0594. The Hall–Kier alpha value is -1.86. The summed E-state index contributed by atoms with van der Waals surface area (Å²) >= 11 is 1.34. The lowest BCUT2D eigenvalue weighted by Gasteiger charge is -1.97. The van der Waals surface area contributed by atoms with E-state index in [2.05, 4.69) is 0 Å². The van der Waals surface area contributed by atoms with E-state index in [-0.39, 0.29) is 11.3 Å². The average Bonchev–Trinajstić information content (AvgIpc) is 2.59. The maximum atomic E-state index is 10.8. The average molecular weight is 203 g/mol. The zero-order chi connectivity index (χ0) is 10.1. The number of aldehydes is 1. The van der Waals surface area contributed by atoms with Gasteiger partial charge in [0.25, 0.3) is 0 Å². The standard InChI is InChI=1S/C10H5NO2S/c11-3-6-1-2-9-10(7(6)4-12)8(13)5-14-9/h1-2,4-5,13H. The van der Waals surface area contributed by atoms with Crippen LogP contribution in [0.4, 0.5) is 0 Å². The van der Waals surface area contributed by atoms with Gasteiger partial charge in [0.1, 0.15) is 5.75 Å². The molecular formula is C10H5NO2S. The van der Waals surface area contributed by atoms with Crippen molar-refractivity contribution in [3.63, 3.8) is 0 Å². The molecule has 0 fully saturated rings. The second-order valence-corrected chi connectivity index (χ2v) is 3.66. The molecule has 0 aliphatic heterocycles.